The fourth-order valence-corrected chi connectivity index (χ4v) is 3.31. The minimum absolute atomic E-state index is 0.131. The predicted molar refractivity (Wildman–Crippen MR) is 69.7 cm³/mol. The quantitative estimate of drug-likeness (QED) is 0.843. The van der Waals surface area contributed by atoms with Gasteiger partial charge in [-0.15, -0.1) is 0 Å². The fraction of sp³-hybridized carbons (Fsp3) is 0.600. The van der Waals surface area contributed by atoms with Crippen LogP contribution in [0.2, 0.25) is 0 Å². The van der Waals surface area contributed by atoms with E-state index in [1.807, 2.05) is 20.0 Å². The summed E-state index contributed by atoms with van der Waals surface area (Å²) in [5, 5.41) is 3.40. The van der Waals surface area contributed by atoms with Gasteiger partial charge in [-0.2, -0.15) is 0 Å². The summed E-state index contributed by atoms with van der Waals surface area (Å²) in [5.41, 5.74) is 2.71. The molecule has 1 aliphatic rings. The molecule has 0 saturated heterocycles. The summed E-state index contributed by atoms with van der Waals surface area (Å²) in [6.07, 6.45) is 2.31. The highest BCUT2D eigenvalue weighted by molar-refractivity contribution is 5.35. The lowest BCUT2D eigenvalue weighted by Gasteiger charge is -2.55. The van der Waals surface area contributed by atoms with E-state index in [1.54, 1.807) is 12.1 Å². The summed E-state index contributed by atoms with van der Waals surface area (Å²) in [6.45, 7) is 6.60. The average Bonchev–Trinajstić information content (AvgIpc) is 2.30. The number of nitrogens with one attached hydrogen (secondary N) is 1. The highest BCUT2D eigenvalue weighted by Crippen LogP contribution is 2.55. The van der Waals surface area contributed by atoms with Gasteiger partial charge in [0.05, 0.1) is 0 Å². The third kappa shape index (κ3) is 1.89. The molecule has 2 rings (SSSR count). The summed E-state index contributed by atoms with van der Waals surface area (Å²) in [6, 6.07) is 5.79. The van der Waals surface area contributed by atoms with E-state index in [2.05, 4.69) is 19.2 Å². The van der Waals surface area contributed by atoms with Gasteiger partial charge in [-0.25, -0.2) is 4.39 Å². The Hall–Kier alpha value is -0.890. The van der Waals surface area contributed by atoms with Crippen molar-refractivity contribution < 1.29 is 4.39 Å². The normalized spacial score (nSPS) is 32.3. The molecule has 0 amide bonds. The van der Waals surface area contributed by atoms with Crippen LogP contribution in [0.3, 0.4) is 0 Å². The fourth-order valence-electron chi connectivity index (χ4n) is 3.31. The van der Waals surface area contributed by atoms with Gasteiger partial charge in [0.2, 0.25) is 0 Å². The molecule has 0 heterocycles. The van der Waals surface area contributed by atoms with E-state index in [0.717, 1.165) is 18.4 Å². The Bertz CT molecular complexity index is 415. The van der Waals surface area contributed by atoms with Crippen LogP contribution in [0.4, 0.5) is 4.39 Å². The van der Waals surface area contributed by atoms with Crippen LogP contribution in [-0.2, 0) is 0 Å². The van der Waals surface area contributed by atoms with Crippen LogP contribution in [0.1, 0.15) is 43.7 Å². The van der Waals surface area contributed by atoms with E-state index in [4.69, 9.17) is 0 Å². The lowest BCUT2D eigenvalue weighted by Crippen LogP contribution is -2.55. The largest absolute Gasteiger partial charge is 0.316 e. The smallest absolute Gasteiger partial charge is 0.123 e. The second-order valence-corrected chi connectivity index (χ2v) is 5.49. The number of halogens is 1. The molecular formula is C15H22FN. The molecule has 0 bridgehead atoms. The standard InChI is InChI=1S/C15H22FN/c1-5-15(3)13(9-14(15)17-4)12-7-6-11(16)8-10(12)2/h6-8,13-14,17H,5,9H2,1-4H3. The maximum Gasteiger partial charge on any atom is 0.123 e. The zero-order valence-corrected chi connectivity index (χ0v) is 11.2. The molecule has 1 aromatic carbocycles. The van der Waals surface area contributed by atoms with Crippen molar-refractivity contribution >= 4 is 0 Å². The van der Waals surface area contributed by atoms with Crippen LogP contribution in [0.5, 0.6) is 0 Å². The topological polar surface area (TPSA) is 12.0 Å². The summed E-state index contributed by atoms with van der Waals surface area (Å²) in [5.74, 6) is 0.430. The van der Waals surface area contributed by atoms with Gasteiger partial charge in [0.25, 0.3) is 0 Å². The third-order valence-electron chi connectivity index (χ3n) is 4.78. The van der Waals surface area contributed by atoms with Crippen molar-refractivity contribution in [3.8, 4) is 0 Å². The Morgan fingerprint density at radius 2 is 2.18 bits per heavy atom. The molecule has 17 heavy (non-hydrogen) atoms. The van der Waals surface area contributed by atoms with E-state index in [0.29, 0.717) is 17.4 Å². The van der Waals surface area contributed by atoms with E-state index in [-0.39, 0.29) is 5.82 Å². The summed E-state index contributed by atoms with van der Waals surface area (Å²) in [7, 11) is 2.03. The van der Waals surface area contributed by atoms with Crippen LogP contribution < -0.4 is 5.32 Å². The second kappa shape index (κ2) is 4.41. The minimum Gasteiger partial charge on any atom is -0.316 e. The summed E-state index contributed by atoms with van der Waals surface area (Å²) >= 11 is 0. The van der Waals surface area contributed by atoms with E-state index >= 15 is 0 Å². The van der Waals surface area contributed by atoms with Crippen molar-refractivity contribution in [3.05, 3.63) is 35.1 Å². The molecule has 1 nitrogen and oxygen atoms in total. The Morgan fingerprint density at radius 3 is 2.71 bits per heavy atom. The van der Waals surface area contributed by atoms with E-state index in [9.17, 15) is 4.39 Å². The van der Waals surface area contributed by atoms with Crippen LogP contribution in [-0.4, -0.2) is 13.1 Å². The van der Waals surface area contributed by atoms with Crippen LogP contribution in [0, 0.1) is 18.2 Å². The van der Waals surface area contributed by atoms with Gasteiger partial charge < -0.3 is 5.32 Å². The average molecular weight is 235 g/mol. The molecule has 1 fully saturated rings. The first-order valence-electron chi connectivity index (χ1n) is 6.46. The number of rotatable bonds is 3. The Morgan fingerprint density at radius 1 is 1.47 bits per heavy atom. The highest BCUT2D eigenvalue weighted by atomic mass is 19.1. The van der Waals surface area contributed by atoms with Gasteiger partial charge in [-0.3, -0.25) is 0 Å². The Labute approximate surface area is 103 Å². The third-order valence-corrected chi connectivity index (χ3v) is 4.78. The SMILES string of the molecule is CCC1(C)C(NC)CC1c1ccc(F)cc1C. The molecule has 1 saturated carbocycles. The summed E-state index contributed by atoms with van der Waals surface area (Å²) in [4.78, 5) is 0. The Kier molecular flexibility index (Phi) is 3.26. The van der Waals surface area contributed by atoms with E-state index < -0.39 is 0 Å². The molecule has 0 spiro atoms. The van der Waals surface area contributed by atoms with Crippen molar-refractivity contribution in [2.24, 2.45) is 5.41 Å². The molecule has 0 aliphatic heterocycles. The van der Waals surface area contributed by atoms with Crippen LogP contribution in [0.25, 0.3) is 0 Å². The first-order chi connectivity index (χ1) is 8.02. The molecular weight excluding hydrogens is 213 g/mol. The van der Waals surface area contributed by atoms with Gasteiger partial charge >= 0.3 is 0 Å². The molecule has 94 valence electrons. The van der Waals surface area contributed by atoms with Gasteiger partial charge in [-0.05, 0) is 61.4 Å². The highest BCUT2D eigenvalue weighted by Gasteiger charge is 2.50. The maximum absolute atomic E-state index is 13.1. The molecule has 2 heteroatoms. The molecule has 0 aromatic heterocycles. The van der Waals surface area contributed by atoms with Crippen molar-refractivity contribution in [1.82, 2.24) is 5.32 Å². The molecule has 1 N–H and O–H groups in total. The van der Waals surface area contributed by atoms with Crippen LogP contribution >= 0.6 is 0 Å². The zero-order valence-electron chi connectivity index (χ0n) is 11.2. The Balaban J connectivity index is 2.30. The molecule has 3 atom stereocenters. The van der Waals surface area contributed by atoms with Gasteiger partial charge in [0.1, 0.15) is 5.82 Å². The number of benzene rings is 1. The second-order valence-electron chi connectivity index (χ2n) is 5.49. The van der Waals surface area contributed by atoms with Crippen molar-refractivity contribution in [3.63, 3.8) is 0 Å². The number of aryl methyl sites for hydroxylation is 1. The molecule has 3 unspecified atom stereocenters. The van der Waals surface area contributed by atoms with Crippen molar-refractivity contribution in [2.75, 3.05) is 7.05 Å². The zero-order chi connectivity index (χ0) is 12.6. The summed E-state index contributed by atoms with van der Waals surface area (Å²) < 4.78 is 13.1. The first kappa shape index (κ1) is 12.6. The van der Waals surface area contributed by atoms with Crippen molar-refractivity contribution in [2.45, 2.75) is 45.6 Å². The van der Waals surface area contributed by atoms with E-state index in [1.165, 1.54) is 5.56 Å². The lowest BCUT2D eigenvalue weighted by molar-refractivity contribution is 0.0491. The van der Waals surface area contributed by atoms with Gasteiger partial charge in [-0.1, -0.05) is 19.9 Å². The molecule has 1 aromatic rings. The van der Waals surface area contributed by atoms with Crippen LogP contribution in [0.15, 0.2) is 18.2 Å². The molecule has 0 radical (unpaired) electrons. The lowest BCUT2D eigenvalue weighted by atomic mass is 9.53. The monoisotopic (exact) mass is 235 g/mol. The minimum atomic E-state index is -0.131. The number of hydrogen-bond donors (Lipinski definition) is 1. The molecule has 1 aliphatic carbocycles. The number of hydrogen-bond acceptors (Lipinski definition) is 1. The maximum atomic E-state index is 13.1. The van der Waals surface area contributed by atoms with Gasteiger partial charge in [0, 0.05) is 6.04 Å². The van der Waals surface area contributed by atoms with Gasteiger partial charge in [0.15, 0.2) is 0 Å². The first-order valence-corrected chi connectivity index (χ1v) is 6.46. The van der Waals surface area contributed by atoms with Crippen molar-refractivity contribution in [1.29, 1.82) is 0 Å². The predicted octanol–water partition coefficient (Wildman–Crippen LogP) is 3.63.